The fourth-order valence-corrected chi connectivity index (χ4v) is 4.12. The maximum Gasteiger partial charge on any atom is 0.263 e. The normalized spacial score (nSPS) is 16.5. The number of hydrogen-bond donors (Lipinski definition) is 2. The van der Waals surface area contributed by atoms with E-state index < -0.39 is 10.0 Å². The molecule has 1 heterocycles. The Morgan fingerprint density at radius 1 is 1.15 bits per heavy atom. The number of amides is 1. The number of hydrogen-bond acceptors (Lipinski definition) is 4. The Labute approximate surface area is 156 Å². The fourth-order valence-electron chi connectivity index (χ4n) is 2.87. The molecule has 0 saturated carbocycles. The summed E-state index contributed by atoms with van der Waals surface area (Å²) in [5, 5.41) is 2.90. The van der Waals surface area contributed by atoms with Crippen LogP contribution in [0.15, 0.2) is 34.2 Å². The van der Waals surface area contributed by atoms with Crippen molar-refractivity contribution in [2.75, 3.05) is 13.1 Å². The Balaban J connectivity index is 1.67. The van der Waals surface area contributed by atoms with Gasteiger partial charge in [0.1, 0.15) is 5.84 Å². The monoisotopic (exact) mass is 379 g/mol. The zero-order valence-corrected chi connectivity index (χ0v) is 16.4. The summed E-state index contributed by atoms with van der Waals surface area (Å²) in [5.74, 6) is 1.02. The first-order chi connectivity index (χ1) is 12.4. The van der Waals surface area contributed by atoms with E-state index in [0.717, 1.165) is 18.8 Å². The van der Waals surface area contributed by atoms with Gasteiger partial charge in [-0.2, -0.15) is 0 Å². The van der Waals surface area contributed by atoms with Crippen LogP contribution < -0.4 is 10.0 Å². The van der Waals surface area contributed by atoms with Gasteiger partial charge in [-0.3, -0.25) is 14.5 Å². The number of nitrogens with zero attached hydrogens (tertiary/aromatic N) is 1. The maximum absolute atomic E-state index is 12.0. The molecule has 1 aliphatic rings. The molecule has 0 saturated heterocycles. The van der Waals surface area contributed by atoms with Gasteiger partial charge in [0.15, 0.2) is 0 Å². The predicted octanol–water partition coefficient (Wildman–Crippen LogP) is 2.84. The number of amidine groups is 1. The molecule has 1 amide bonds. The zero-order valence-electron chi connectivity index (χ0n) is 15.6. The molecule has 0 radical (unpaired) electrons. The van der Waals surface area contributed by atoms with Crippen LogP contribution in [0, 0.1) is 5.92 Å². The molecule has 0 spiro atoms. The SMILES string of the molecule is CC(C)CCCCCCNC(=O)CCN=C1NS(=O)(=O)c2ccccc21. The van der Waals surface area contributed by atoms with Crippen molar-refractivity contribution in [3.05, 3.63) is 29.8 Å². The lowest BCUT2D eigenvalue weighted by Gasteiger charge is -2.06. The van der Waals surface area contributed by atoms with Gasteiger partial charge in [0.25, 0.3) is 10.0 Å². The average Bonchev–Trinajstić information content (AvgIpc) is 2.85. The number of carbonyl (C=O) groups is 1. The largest absolute Gasteiger partial charge is 0.356 e. The highest BCUT2D eigenvalue weighted by atomic mass is 32.2. The Kier molecular flexibility index (Phi) is 7.63. The van der Waals surface area contributed by atoms with E-state index in [2.05, 4.69) is 28.9 Å². The maximum atomic E-state index is 12.0. The van der Waals surface area contributed by atoms with Crippen LogP contribution in [0.1, 0.15) is 57.9 Å². The van der Waals surface area contributed by atoms with Gasteiger partial charge in [-0.25, -0.2) is 8.42 Å². The Hall–Kier alpha value is -1.89. The van der Waals surface area contributed by atoms with Crippen molar-refractivity contribution in [3.63, 3.8) is 0 Å². The van der Waals surface area contributed by atoms with E-state index in [0.29, 0.717) is 17.9 Å². The Morgan fingerprint density at radius 2 is 1.88 bits per heavy atom. The van der Waals surface area contributed by atoms with Crippen molar-refractivity contribution >= 4 is 21.8 Å². The first-order valence-corrected chi connectivity index (χ1v) is 10.8. The zero-order chi connectivity index (χ0) is 19.0. The van der Waals surface area contributed by atoms with Gasteiger partial charge in [0.2, 0.25) is 5.91 Å². The molecule has 1 aromatic rings. The van der Waals surface area contributed by atoms with Gasteiger partial charge >= 0.3 is 0 Å². The number of benzene rings is 1. The topological polar surface area (TPSA) is 87.6 Å². The summed E-state index contributed by atoms with van der Waals surface area (Å²) in [6.07, 6.45) is 6.10. The van der Waals surface area contributed by atoms with Crippen LogP contribution in [0.3, 0.4) is 0 Å². The Morgan fingerprint density at radius 3 is 2.65 bits per heavy atom. The minimum Gasteiger partial charge on any atom is -0.356 e. The number of aliphatic imine (C=N–C) groups is 1. The van der Waals surface area contributed by atoms with E-state index >= 15 is 0 Å². The van der Waals surface area contributed by atoms with Gasteiger partial charge in [-0.05, 0) is 24.5 Å². The third kappa shape index (κ3) is 6.12. The van der Waals surface area contributed by atoms with Gasteiger partial charge in [-0.15, -0.1) is 0 Å². The third-order valence-corrected chi connectivity index (χ3v) is 5.70. The molecule has 1 aromatic carbocycles. The molecule has 0 aliphatic carbocycles. The molecule has 2 rings (SSSR count). The van der Waals surface area contributed by atoms with Crippen LogP contribution in [0.25, 0.3) is 0 Å². The highest BCUT2D eigenvalue weighted by Gasteiger charge is 2.29. The first kappa shape index (κ1) is 20.4. The molecule has 0 unspecified atom stereocenters. The Bertz CT molecular complexity index is 742. The summed E-state index contributed by atoms with van der Waals surface area (Å²) in [5.41, 5.74) is 0.564. The van der Waals surface area contributed by atoms with Crippen molar-refractivity contribution in [3.8, 4) is 0 Å². The van der Waals surface area contributed by atoms with Gasteiger partial charge in [0, 0.05) is 18.5 Å². The van der Waals surface area contributed by atoms with Gasteiger partial charge < -0.3 is 5.32 Å². The van der Waals surface area contributed by atoms with Crippen LogP contribution in [-0.4, -0.2) is 33.3 Å². The summed E-state index contributed by atoms with van der Waals surface area (Å²) < 4.78 is 26.4. The van der Waals surface area contributed by atoms with E-state index in [9.17, 15) is 13.2 Å². The molecule has 7 heteroatoms. The predicted molar refractivity (Wildman–Crippen MR) is 104 cm³/mol. The van der Waals surface area contributed by atoms with Crippen LogP contribution in [-0.2, 0) is 14.8 Å². The van der Waals surface area contributed by atoms with Gasteiger partial charge in [-0.1, -0.05) is 51.7 Å². The second-order valence-electron chi connectivity index (χ2n) is 7.03. The molecule has 6 nitrogen and oxygen atoms in total. The third-order valence-electron chi connectivity index (χ3n) is 4.30. The highest BCUT2D eigenvalue weighted by Crippen LogP contribution is 2.22. The molecule has 26 heavy (non-hydrogen) atoms. The number of carbonyl (C=O) groups excluding carboxylic acids is 1. The van der Waals surface area contributed by atoms with E-state index in [-0.39, 0.29) is 23.8 Å². The lowest BCUT2D eigenvalue weighted by Crippen LogP contribution is -2.26. The summed E-state index contributed by atoms with van der Waals surface area (Å²) in [6.45, 7) is 5.41. The molecular formula is C19H29N3O3S. The second kappa shape index (κ2) is 9.71. The standard InChI is InChI=1S/C19H29N3O3S/c1-15(2)9-5-3-4-8-13-20-18(23)12-14-21-19-16-10-6-7-11-17(16)26(24,25)22-19/h6-7,10-11,15H,3-5,8-9,12-14H2,1-2H3,(H,20,23)(H,21,22). The van der Waals surface area contributed by atoms with Gasteiger partial charge in [0.05, 0.1) is 11.4 Å². The molecule has 0 aromatic heterocycles. The molecule has 0 bridgehead atoms. The fraction of sp³-hybridized carbons (Fsp3) is 0.579. The summed E-state index contributed by atoms with van der Waals surface area (Å²) in [4.78, 5) is 16.3. The summed E-state index contributed by atoms with van der Waals surface area (Å²) in [6, 6.07) is 6.71. The smallest absolute Gasteiger partial charge is 0.263 e. The van der Waals surface area contributed by atoms with Crippen LogP contribution in [0.5, 0.6) is 0 Å². The average molecular weight is 380 g/mol. The van der Waals surface area contributed by atoms with Crippen molar-refractivity contribution in [2.24, 2.45) is 10.9 Å². The van der Waals surface area contributed by atoms with Crippen molar-refractivity contribution in [1.29, 1.82) is 0 Å². The number of nitrogens with one attached hydrogen (secondary N) is 2. The number of rotatable bonds is 10. The van der Waals surface area contributed by atoms with E-state index in [4.69, 9.17) is 0 Å². The minimum absolute atomic E-state index is 0.0503. The lowest BCUT2D eigenvalue weighted by molar-refractivity contribution is -0.120. The lowest BCUT2D eigenvalue weighted by atomic mass is 10.0. The summed E-state index contributed by atoms with van der Waals surface area (Å²) >= 11 is 0. The minimum atomic E-state index is -3.52. The van der Waals surface area contributed by atoms with E-state index in [1.807, 2.05) is 0 Å². The van der Waals surface area contributed by atoms with Crippen LogP contribution >= 0.6 is 0 Å². The molecular weight excluding hydrogens is 350 g/mol. The van der Waals surface area contributed by atoms with Crippen LogP contribution in [0.2, 0.25) is 0 Å². The van der Waals surface area contributed by atoms with Crippen molar-refractivity contribution in [2.45, 2.75) is 57.3 Å². The number of unbranched alkanes of at least 4 members (excludes halogenated alkanes) is 3. The number of sulfonamides is 1. The first-order valence-electron chi connectivity index (χ1n) is 9.33. The van der Waals surface area contributed by atoms with E-state index in [1.165, 1.54) is 19.3 Å². The number of fused-ring (bicyclic) bond motifs is 1. The second-order valence-corrected chi connectivity index (χ2v) is 8.68. The van der Waals surface area contributed by atoms with Crippen molar-refractivity contribution < 1.29 is 13.2 Å². The quantitative estimate of drug-likeness (QED) is 0.613. The summed E-state index contributed by atoms with van der Waals surface area (Å²) in [7, 11) is -3.52. The highest BCUT2D eigenvalue weighted by molar-refractivity contribution is 7.90. The molecule has 2 N–H and O–H groups in total. The molecule has 0 fully saturated rings. The van der Waals surface area contributed by atoms with Crippen LogP contribution in [0.4, 0.5) is 0 Å². The molecule has 144 valence electrons. The molecule has 0 atom stereocenters. The van der Waals surface area contributed by atoms with Crippen molar-refractivity contribution in [1.82, 2.24) is 10.0 Å². The molecule has 1 aliphatic heterocycles. The van der Waals surface area contributed by atoms with E-state index in [1.54, 1.807) is 24.3 Å².